The zero-order chi connectivity index (χ0) is 13.0. The molecule has 16 heavy (non-hydrogen) atoms. The number of carbonyl (C=O) groups excluding carboxylic acids is 1. The van der Waals surface area contributed by atoms with Gasteiger partial charge in [0.05, 0.1) is 11.8 Å². The molecular weight excluding hydrogens is 230 g/mol. The summed E-state index contributed by atoms with van der Waals surface area (Å²) in [5.41, 5.74) is -0.831. The Morgan fingerprint density at radius 2 is 1.94 bits per heavy atom. The quantitative estimate of drug-likeness (QED) is 0.518. The van der Waals surface area contributed by atoms with Gasteiger partial charge in [-0.15, -0.1) is 0 Å². The molecule has 0 saturated carbocycles. The van der Waals surface area contributed by atoms with Gasteiger partial charge >= 0.3 is 0 Å². The zero-order valence-corrected chi connectivity index (χ0v) is 11.0. The van der Waals surface area contributed by atoms with Gasteiger partial charge in [-0.1, -0.05) is 20.3 Å². The van der Waals surface area contributed by atoms with E-state index in [2.05, 4.69) is 5.32 Å². The van der Waals surface area contributed by atoms with Crippen molar-refractivity contribution >= 4 is 16.4 Å². The largest absolute Gasteiger partial charge is 0.302 e. The number of hydrogen-bond donors (Lipinski definition) is 2. The maximum Gasteiger partial charge on any atom is 0.266 e. The van der Waals surface area contributed by atoms with E-state index in [1.165, 1.54) is 0 Å². The highest BCUT2D eigenvalue weighted by Gasteiger charge is 2.29. The molecule has 2 unspecified atom stereocenters. The summed E-state index contributed by atoms with van der Waals surface area (Å²) in [5, 5.41) is 2.94. The molecule has 0 aromatic carbocycles. The Morgan fingerprint density at radius 3 is 2.25 bits per heavy atom. The zero-order valence-electron chi connectivity index (χ0n) is 10.2. The van der Waals surface area contributed by atoms with Crippen molar-refractivity contribution < 1.29 is 17.8 Å². The Labute approximate surface area is 97.4 Å². The highest BCUT2D eigenvalue weighted by atomic mass is 32.2. The van der Waals surface area contributed by atoms with E-state index in [0.29, 0.717) is 0 Å². The first-order valence-electron chi connectivity index (χ1n) is 5.29. The Bertz CT molecular complexity index is 324. The van der Waals surface area contributed by atoms with Crippen LogP contribution >= 0.6 is 0 Å². The third kappa shape index (κ3) is 6.19. The monoisotopic (exact) mass is 251 g/mol. The average molecular weight is 251 g/mol. The molecule has 0 aromatic heterocycles. The second-order valence-corrected chi connectivity index (χ2v) is 6.25. The van der Waals surface area contributed by atoms with Gasteiger partial charge in [0.2, 0.25) is 0 Å². The molecule has 0 aromatic rings. The van der Waals surface area contributed by atoms with Crippen molar-refractivity contribution in [2.75, 3.05) is 5.75 Å². The predicted molar refractivity (Wildman–Crippen MR) is 62.9 cm³/mol. The van der Waals surface area contributed by atoms with Crippen LogP contribution in [0.1, 0.15) is 34.1 Å². The minimum atomic E-state index is -4.05. The lowest BCUT2D eigenvalue weighted by molar-refractivity contribution is -0.111. The maximum absolute atomic E-state index is 10.9. The Hall–Kier alpha value is -0.460. The van der Waals surface area contributed by atoms with E-state index in [1.54, 1.807) is 13.8 Å². The van der Waals surface area contributed by atoms with Crippen molar-refractivity contribution in [2.24, 2.45) is 5.92 Å². The van der Waals surface area contributed by atoms with Crippen LogP contribution in [-0.4, -0.2) is 36.6 Å². The van der Waals surface area contributed by atoms with Gasteiger partial charge < -0.3 is 10.1 Å². The highest BCUT2D eigenvalue weighted by molar-refractivity contribution is 7.85. The van der Waals surface area contributed by atoms with Gasteiger partial charge in [-0.2, -0.15) is 8.42 Å². The molecule has 0 heterocycles. The number of carbonyl (C=O) groups is 1. The Kier molecular flexibility index (Phi) is 5.58. The fraction of sp³-hybridized carbons (Fsp3) is 0.900. The van der Waals surface area contributed by atoms with Gasteiger partial charge in [-0.25, -0.2) is 0 Å². The molecular formula is C10H21NO4S. The van der Waals surface area contributed by atoms with Crippen LogP contribution in [0.25, 0.3) is 0 Å². The molecule has 0 bridgehead atoms. The van der Waals surface area contributed by atoms with Crippen molar-refractivity contribution in [3.8, 4) is 0 Å². The number of hydrogen-bond acceptors (Lipinski definition) is 4. The van der Waals surface area contributed by atoms with E-state index < -0.39 is 27.5 Å². The molecule has 2 atom stereocenters. The molecule has 0 aliphatic rings. The van der Waals surface area contributed by atoms with Crippen molar-refractivity contribution in [3.05, 3.63) is 0 Å². The molecule has 6 heteroatoms. The van der Waals surface area contributed by atoms with Crippen molar-refractivity contribution in [1.29, 1.82) is 0 Å². The normalized spacial score (nSPS) is 16.8. The first kappa shape index (κ1) is 15.5. The lowest BCUT2D eigenvalue weighted by Gasteiger charge is -2.30. The van der Waals surface area contributed by atoms with Crippen LogP contribution in [0.4, 0.5) is 0 Å². The maximum atomic E-state index is 10.9. The van der Waals surface area contributed by atoms with E-state index in [9.17, 15) is 13.2 Å². The molecule has 0 aliphatic heterocycles. The summed E-state index contributed by atoms with van der Waals surface area (Å²) in [6.45, 7) is 7.15. The summed E-state index contributed by atoms with van der Waals surface area (Å²) in [4.78, 5) is 10.9. The van der Waals surface area contributed by atoms with Gasteiger partial charge in [-0.3, -0.25) is 4.55 Å². The van der Waals surface area contributed by atoms with Crippen LogP contribution in [0.15, 0.2) is 0 Å². The molecule has 0 aliphatic carbocycles. The lowest BCUT2D eigenvalue weighted by Crippen LogP contribution is -2.52. The minimum absolute atomic E-state index is 0.123. The second-order valence-electron chi connectivity index (χ2n) is 4.80. The van der Waals surface area contributed by atoms with Gasteiger partial charge in [0, 0.05) is 5.54 Å². The second kappa shape index (κ2) is 5.75. The van der Waals surface area contributed by atoms with Crippen LogP contribution < -0.4 is 5.32 Å². The van der Waals surface area contributed by atoms with Crippen molar-refractivity contribution in [1.82, 2.24) is 5.32 Å². The van der Waals surface area contributed by atoms with Gasteiger partial charge in [0.1, 0.15) is 6.29 Å². The standard InChI is InChI=1S/C10H21NO4S/c1-5-8(2)9(6-12)11-10(3,4)7-16(13,14)15/h6,8-9,11H,5,7H2,1-4H3,(H,13,14,15). The van der Waals surface area contributed by atoms with E-state index in [1.807, 2.05) is 13.8 Å². The minimum Gasteiger partial charge on any atom is -0.302 e. The molecule has 96 valence electrons. The third-order valence-corrected chi connectivity index (χ3v) is 3.59. The molecule has 2 N–H and O–H groups in total. The molecule has 0 rings (SSSR count). The van der Waals surface area contributed by atoms with Crippen LogP contribution in [0.2, 0.25) is 0 Å². The van der Waals surface area contributed by atoms with Crippen LogP contribution in [-0.2, 0) is 14.9 Å². The number of rotatable bonds is 7. The summed E-state index contributed by atoms with van der Waals surface area (Å²) >= 11 is 0. The SMILES string of the molecule is CCC(C)C(C=O)NC(C)(C)CS(=O)(=O)O. The summed E-state index contributed by atoms with van der Waals surface area (Å²) in [6.07, 6.45) is 1.60. The van der Waals surface area contributed by atoms with E-state index in [-0.39, 0.29) is 5.92 Å². The summed E-state index contributed by atoms with van der Waals surface area (Å²) in [7, 11) is -4.05. The van der Waals surface area contributed by atoms with Crippen LogP contribution in [0.5, 0.6) is 0 Å². The molecule has 0 fully saturated rings. The van der Waals surface area contributed by atoms with Gasteiger partial charge in [-0.05, 0) is 19.8 Å². The molecule has 0 saturated heterocycles. The number of aldehydes is 1. The highest BCUT2D eigenvalue weighted by Crippen LogP contribution is 2.12. The lowest BCUT2D eigenvalue weighted by atomic mass is 9.97. The van der Waals surface area contributed by atoms with Gasteiger partial charge in [0.15, 0.2) is 0 Å². The number of nitrogens with one attached hydrogen (secondary N) is 1. The third-order valence-electron chi connectivity index (χ3n) is 2.50. The summed E-state index contributed by atoms with van der Waals surface area (Å²) < 4.78 is 30.3. The summed E-state index contributed by atoms with van der Waals surface area (Å²) in [5.74, 6) is -0.293. The average Bonchev–Trinajstić information content (AvgIpc) is 2.09. The Morgan fingerprint density at radius 1 is 1.44 bits per heavy atom. The van der Waals surface area contributed by atoms with Crippen LogP contribution in [0.3, 0.4) is 0 Å². The molecule has 0 radical (unpaired) electrons. The summed E-state index contributed by atoms with van der Waals surface area (Å²) in [6, 6.07) is -0.401. The Balaban J connectivity index is 4.61. The van der Waals surface area contributed by atoms with E-state index in [4.69, 9.17) is 4.55 Å². The predicted octanol–water partition coefficient (Wildman–Crippen LogP) is 0.856. The molecule has 0 amide bonds. The van der Waals surface area contributed by atoms with Gasteiger partial charge in [0.25, 0.3) is 10.1 Å². The fourth-order valence-corrected chi connectivity index (χ4v) is 2.51. The topological polar surface area (TPSA) is 83.5 Å². The first-order valence-corrected chi connectivity index (χ1v) is 6.90. The van der Waals surface area contributed by atoms with E-state index >= 15 is 0 Å². The van der Waals surface area contributed by atoms with E-state index in [0.717, 1.165) is 12.7 Å². The van der Waals surface area contributed by atoms with Crippen LogP contribution in [0, 0.1) is 5.92 Å². The molecule has 0 spiro atoms. The smallest absolute Gasteiger partial charge is 0.266 e. The fourth-order valence-electron chi connectivity index (χ4n) is 1.51. The van der Waals surface area contributed by atoms with Crippen molar-refractivity contribution in [3.63, 3.8) is 0 Å². The van der Waals surface area contributed by atoms with Crippen molar-refractivity contribution in [2.45, 2.75) is 45.7 Å². The molecule has 5 nitrogen and oxygen atoms in total. The first-order chi connectivity index (χ1) is 7.11.